The molecule has 1 saturated heterocycles. The number of carboxylic acid groups (broad SMARTS) is 1. The molecule has 7 nitrogen and oxygen atoms in total. The number of pyridine rings is 1. The first-order valence-electron chi connectivity index (χ1n) is 6.48. The highest BCUT2D eigenvalue weighted by Gasteiger charge is 2.51. The van der Waals surface area contributed by atoms with Crippen LogP contribution in [0.1, 0.15) is 12.6 Å². The van der Waals surface area contributed by atoms with E-state index in [1.807, 2.05) is 0 Å². The number of hydrogen-bond acceptors (Lipinski definition) is 5. The molecule has 2 unspecified atom stereocenters. The number of carbonyl (C=O) groups excluding carboxylic acids is 1. The lowest BCUT2D eigenvalue weighted by atomic mass is 9.95. The van der Waals surface area contributed by atoms with Gasteiger partial charge in [-0.3, -0.25) is 9.69 Å². The molecule has 10 heteroatoms. The first-order valence-corrected chi connectivity index (χ1v) is 6.48. The number of hydrogen-bond donors (Lipinski definition) is 2. The smallest absolute Gasteiger partial charge is 0.433 e. The molecule has 1 aromatic rings. The van der Waals surface area contributed by atoms with Gasteiger partial charge in [0.1, 0.15) is 11.5 Å². The van der Waals surface area contributed by atoms with Gasteiger partial charge in [0.15, 0.2) is 11.7 Å². The lowest BCUT2D eigenvalue weighted by Gasteiger charge is -2.40. The van der Waals surface area contributed by atoms with Gasteiger partial charge < -0.3 is 14.9 Å². The van der Waals surface area contributed by atoms with E-state index in [0.29, 0.717) is 0 Å². The third-order valence-corrected chi connectivity index (χ3v) is 3.44. The van der Waals surface area contributed by atoms with Crippen molar-refractivity contribution >= 4 is 17.7 Å². The minimum absolute atomic E-state index is 0.116. The van der Waals surface area contributed by atoms with Gasteiger partial charge >= 0.3 is 12.1 Å². The predicted molar refractivity (Wildman–Crippen MR) is 69.6 cm³/mol. The number of aromatic nitrogens is 1. The number of aliphatic carboxylic acids is 1. The van der Waals surface area contributed by atoms with Gasteiger partial charge in [-0.25, -0.2) is 9.78 Å². The first-order chi connectivity index (χ1) is 10.6. The van der Waals surface area contributed by atoms with Crippen LogP contribution in [0.25, 0.3) is 0 Å². The van der Waals surface area contributed by atoms with E-state index in [1.54, 1.807) is 0 Å². The summed E-state index contributed by atoms with van der Waals surface area (Å²) in [6, 6.07) is 3.02. The number of alkyl halides is 3. The van der Waals surface area contributed by atoms with Crippen LogP contribution in [0.2, 0.25) is 0 Å². The largest absolute Gasteiger partial charge is 0.479 e. The number of amides is 1. The van der Waals surface area contributed by atoms with Crippen molar-refractivity contribution in [2.45, 2.75) is 24.8 Å². The fourth-order valence-electron chi connectivity index (χ4n) is 2.16. The second-order valence-electron chi connectivity index (χ2n) is 5.03. The van der Waals surface area contributed by atoms with Crippen molar-refractivity contribution in [1.29, 1.82) is 0 Å². The normalized spacial score (nSPS) is 23.7. The molecule has 1 aliphatic heterocycles. The van der Waals surface area contributed by atoms with E-state index in [4.69, 9.17) is 9.84 Å². The minimum atomic E-state index is -4.69. The van der Waals surface area contributed by atoms with E-state index in [1.165, 1.54) is 6.07 Å². The summed E-state index contributed by atoms with van der Waals surface area (Å²) < 4.78 is 43.2. The number of rotatable bonds is 3. The maximum Gasteiger partial charge on any atom is 0.433 e. The van der Waals surface area contributed by atoms with Gasteiger partial charge in [-0.1, -0.05) is 6.07 Å². The summed E-state index contributed by atoms with van der Waals surface area (Å²) in [5.41, 5.74) is -3.30. The van der Waals surface area contributed by atoms with Crippen LogP contribution in [0.5, 0.6) is 0 Å². The molecule has 23 heavy (non-hydrogen) atoms. The van der Waals surface area contributed by atoms with E-state index < -0.39 is 35.5 Å². The summed E-state index contributed by atoms with van der Waals surface area (Å²) in [7, 11) is 0. The molecule has 0 bridgehead atoms. The van der Waals surface area contributed by atoms with Crippen molar-refractivity contribution in [3.8, 4) is 0 Å². The number of halogens is 3. The lowest BCUT2D eigenvalue weighted by Crippen LogP contribution is -2.63. The van der Waals surface area contributed by atoms with Crippen molar-refractivity contribution in [3.63, 3.8) is 0 Å². The number of carbonyl (C=O) groups is 2. The Morgan fingerprint density at radius 1 is 1.48 bits per heavy atom. The van der Waals surface area contributed by atoms with Gasteiger partial charge in [-0.15, -0.1) is 0 Å². The van der Waals surface area contributed by atoms with E-state index in [0.717, 1.165) is 24.0 Å². The Hall–Kier alpha value is -2.20. The SMILES string of the molecule is CC1(C(O)C(=O)O)OCCN(c2cccc(C(F)(F)F)n2)C1=O. The van der Waals surface area contributed by atoms with Gasteiger partial charge in [0, 0.05) is 0 Å². The van der Waals surface area contributed by atoms with Gasteiger partial charge in [-0.05, 0) is 19.1 Å². The van der Waals surface area contributed by atoms with Gasteiger partial charge in [0.2, 0.25) is 0 Å². The van der Waals surface area contributed by atoms with E-state index in [-0.39, 0.29) is 19.0 Å². The Morgan fingerprint density at radius 2 is 2.13 bits per heavy atom. The summed E-state index contributed by atoms with van der Waals surface area (Å²) >= 11 is 0. The van der Waals surface area contributed by atoms with Crippen LogP contribution in [0.15, 0.2) is 18.2 Å². The Labute approximate surface area is 128 Å². The molecule has 1 aliphatic rings. The second-order valence-corrected chi connectivity index (χ2v) is 5.03. The van der Waals surface area contributed by atoms with Crippen molar-refractivity contribution < 1.29 is 37.7 Å². The Balaban J connectivity index is 2.37. The van der Waals surface area contributed by atoms with Crippen LogP contribution in [0.3, 0.4) is 0 Å². The summed E-state index contributed by atoms with van der Waals surface area (Å²) in [5.74, 6) is -2.96. The molecular formula is C13H13F3N2O5. The average Bonchev–Trinajstić information content (AvgIpc) is 2.48. The summed E-state index contributed by atoms with van der Waals surface area (Å²) in [4.78, 5) is 27.6. The number of nitrogens with zero attached hydrogens (tertiary/aromatic N) is 2. The molecule has 0 spiro atoms. The van der Waals surface area contributed by atoms with Crippen LogP contribution in [-0.2, 0) is 20.5 Å². The zero-order valence-corrected chi connectivity index (χ0v) is 11.9. The van der Waals surface area contributed by atoms with Crippen LogP contribution in [0.4, 0.5) is 19.0 Å². The van der Waals surface area contributed by atoms with Gasteiger partial charge in [-0.2, -0.15) is 13.2 Å². The number of morpholine rings is 1. The monoisotopic (exact) mass is 334 g/mol. The summed E-state index contributed by atoms with van der Waals surface area (Å²) in [5, 5.41) is 18.5. The predicted octanol–water partition coefficient (Wildman–Crippen LogP) is 0.668. The van der Waals surface area contributed by atoms with Gasteiger partial charge in [0.05, 0.1) is 13.2 Å². The standard InChI is InChI=1S/C13H13F3N2O5/c1-12(9(19)10(20)21)11(22)18(5-6-23-12)8-4-2-3-7(17-8)13(14,15)16/h2-4,9,19H,5-6H2,1H3,(H,20,21). The number of aliphatic hydroxyl groups is 1. The van der Waals surface area contributed by atoms with E-state index in [9.17, 15) is 27.9 Å². The maximum absolute atomic E-state index is 12.7. The average molecular weight is 334 g/mol. The third kappa shape index (κ3) is 3.13. The maximum atomic E-state index is 12.7. The van der Waals surface area contributed by atoms with Crippen LogP contribution >= 0.6 is 0 Å². The fraction of sp³-hybridized carbons (Fsp3) is 0.462. The van der Waals surface area contributed by atoms with E-state index >= 15 is 0 Å². The van der Waals surface area contributed by atoms with Crippen LogP contribution < -0.4 is 4.90 Å². The number of ether oxygens (including phenoxy) is 1. The lowest BCUT2D eigenvalue weighted by molar-refractivity contribution is -0.181. The second kappa shape index (κ2) is 5.78. The summed E-state index contributed by atoms with van der Waals surface area (Å²) in [6.07, 6.45) is -6.85. The Bertz CT molecular complexity index is 636. The van der Waals surface area contributed by atoms with Crippen LogP contribution in [-0.4, -0.2) is 51.9 Å². The topological polar surface area (TPSA) is 100.0 Å². The molecule has 2 heterocycles. The highest BCUT2D eigenvalue weighted by Crippen LogP contribution is 2.31. The highest BCUT2D eigenvalue weighted by molar-refractivity contribution is 6.02. The van der Waals surface area contributed by atoms with Crippen molar-refractivity contribution in [1.82, 2.24) is 4.98 Å². The van der Waals surface area contributed by atoms with E-state index in [2.05, 4.69) is 4.98 Å². The molecule has 0 saturated carbocycles. The van der Waals surface area contributed by atoms with Crippen molar-refractivity contribution in [2.75, 3.05) is 18.1 Å². The molecule has 1 amide bonds. The molecular weight excluding hydrogens is 321 g/mol. The van der Waals surface area contributed by atoms with Crippen molar-refractivity contribution in [2.24, 2.45) is 0 Å². The highest BCUT2D eigenvalue weighted by atomic mass is 19.4. The van der Waals surface area contributed by atoms with Gasteiger partial charge in [0.25, 0.3) is 5.91 Å². The molecule has 126 valence electrons. The number of anilines is 1. The molecule has 0 aliphatic carbocycles. The molecule has 1 aromatic heterocycles. The fourth-order valence-corrected chi connectivity index (χ4v) is 2.16. The van der Waals surface area contributed by atoms with Crippen molar-refractivity contribution in [3.05, 3.63) is 23.9 Å². The molecule has 2 N–H and O–H groups in total. The molecule has 0 radical (unpaired) electrons. The minimum Gasteiger partial charge on any atom is -0.479 e. The third-order valence-electron chi connectivity index (χ3n) is 3.44. The van der Waals surface area contributed by atoms with Crippen LogP contribution in [0, 0.1) is 0 Å². The zero-order chi connectivity index (χ0) is 17.4. The number of aliphatic hydroxyl groups excluding tert-OH is 1. The summed E-state index contributed by atoms with van der Waals surface area (Å²) in [6.45, 7) is 0.785. The Morgan fingerprint density at radius 3 is 2.70 bits per heavy atom. The quantitative estimate of drug-likeness (QED) is 0.843. The first kappa shape index (κ1) is 17.2. The molecule has 2 atom stereocenters. The number of carboxylic acids is 1. The zero-order valence-electron chi connectivity index (χ0n) is 11.9. The molecule has 0 aromatic carbocycles. The Kier molecular flexibility index (Phi) is 4.31. The molecule has 2 rings (SSSR count). The molecule has 1 fully saturated rings.